The van der Waals surface area contributed by atoms with Crippen LogP contribution in [-0.4, -0.2) is 34.9 Å². The number of methoxy groups -OCH3 is 2. The highest BCUT2D eigenvalue weighted by atomic mass is 16.5. The fourth-order valence-corrected chi connectivity index (χ4v) is 2.41. The van der Waals surface area contributed by atoms with E-state index in [9.17, 15) is 4.79 Å². The van der Waals surface area contributed by atoms with E-state index >= 15 is 0 Å². The predicted octanol–water partition coefficient (Wildman–Crippen LogP) is 2.04. The average Bonchev–Trinajstić information content (AvgIpc) is 3.07. The molecule has 0 aliphatic rings. The Morgan fingerprint density at radius 3 is 2.43 bits per heavy atom. The Bertz CT molecular complexity index is 670. The van der Waals surface area contributed by atoms with Gasteiger partial charge in [0.1, 0.15) is 18.7 Å². The Balaban J connectivity index is 2.17. The number of aryl methyl sites for hydroxylation is 1. The number of hydrogen-bond donors (Lipinski definition) is 1. The number of hydrogen-bond acceptors (Lipinski definition) is 5. The summed E-state index contributed by atoms with van der Waals surface area (Å²) < 4.78 is 12.1. The number of nitrogens with one attached hydrogen (secondary N) is 1. The maximum absolute atomic E-state index is 12.4. The molecule has 1 aromatic carbocycles. The van der Waals surface area contributed by atoms with Gasteiger partial charge in [-0.05, 0) is 44.0 Å². The van der Waals surface area contributed by atoms with Crippen molar-refractivity contribution in [3.8, 4) is 11.5 Å². The summed E-state index contributed by atoms with van der Waals surface area (Å²) >= 11 is 0. The van der Waals surface area contributed by atoms with Gasteiger partial charge in [-0.3, -0.25) is 4.79 Å². The first-order valence-electron chi connectivity index (χ1n) is 7.35. The lowest BCUT2D eigenvalue weighted by Crippen LogP contribution is -2.33. The quantitative estimate of drug-likeness (QED) is 0.882. The highest BCUT2D eigenvalue weighted by Crippen LogP contribution is 2.32. The number of carbonyl (C=O) groups is 1. The molecule has 0 spiro atoms. The van der Waals surface area contributed by atoms with Gasteiger partial charge in [0.05, 0.1) is 20.3 Å². The molecular weight excluding hydrogens is 296 g/mol. The molecule has 0 unspecified atom stereocenters. The van der Waals surface area contributed by atoms with Crippen molar-refractivity contribution in [1.29, 1.82) is 0 Å². The molecule has 0 radical (unpaired) electrons. The fraction of sp³-hybridized carbons (Fsp3) is 0.438. The van der Waals surface area contributed by atoms with Crippen molar-refractivity contribution in [2.75, 3.05) is 14.2 Å². The topological polar surface area (TPSA) is 78.3 Å². The Labute approximate surface area is 135 Å². The lowest BCUT2D eigenvalue weighted by Gasteiger charge is -2.21. The molecule has 23 heavy (non-hydrogen) atoms. The molecule has 0 fully saturated rings. The van der Waals surface area contributed by atoms with Gasteiger partial charge in [0, 0.05) is 0 Å². The van der Waals surface area contributed by atoms with Gasteiger partial charge in [-0.25, -0.2) is 9.67 Å². The molecule has 0 aliphatic carbocycles. The van der Waals surface area contributed by atoms with E-state index < -0.39 is 6.04 Å². The number of aromatic nitrogens is 3. The van der Waals surface area contributed by atoms with Crippen LogP contribution < -0.4 is 14.8 Å². The second kappa shape index (κ2) is 7.13. The number of nitrogens with zero attached hydrogens (tertiary/aromatic N) is 3. The van der Waals surface area contributed by atoms with Crippen molar-refractivity contribution in [2.45, 2.75) is 32.9 Å². The summed E-state index contributed by atoms with van der Waals surface area (Å²) in [4.78, 5) is 16.2. The third-order valence-corrected chi connectivity index (χ3v) is 3.81. The van der Waals surface area contributed by atoms with E-state index in [0.29, 0.717) is 11.5 Å². The molecule has 7 nitrogen and oxygen atoms in total. The van der Waals surface area contributed by atoms with Crippen LogP contribution in [0.1, 0.15) is 37.1 Å². The van der Waals surface area contributed by atoms with Crippen LogP contribution in [0, 0.1) is 6.92 Å². The van der Waals surface area contributed by atoms with Crippen LogP contribution in [0.15, 0.2) is 24.8 Å². The van der Waals surface area contributed by atoms with Crippen molar-refractivity contribution < 1.29 is 14.3 Å². The van der Waals surface area contributed by atoms with Gasteiger partial charge in [0.2, 0.25) is 5.91 Å². The number of ether oxygens (including phenoxy) is 2. The highest BCUT2D eigenvalue weighted by Gasteiger charge is 2.20. The van der Waals surface area contributed by atoms with Crippen molar-refractivity contribution in [1.82, 2.24) is 20.1 Å². The Morgan fingerprint density at radius 2 is 1.87 bits per heavy atom. The SMILES string of the molecule is COc1cc(C)c([C@H](C)NC(=O)[C@@H](C)n2cncn2)cc1OC. The zero-order valence-corrected chi connectivity index (χ0v) is 14.0. The zero-order chi connectivity index (χ0) is 17.0. The molecule has 0 aliphatic heterocycles. The summed E-state index contributed by atoms with van der Waals surface area (Å²) in [5.41, 5.74) is 1.99. The van der Waals surface area contributed by atoms with Gasteiger partial charge in [-0.1, -0.05) is 0 Å². The van der Waals surface area contributed by atoms with Gasteiger partial charge in [-0.15, -0.1) is 0 Å². The minimum atomic E-state index is -0.430. The Morgan fingerprint density at radius 1 is 1.22 bits per heavy atom. The molecular formula is C16H22N4O3. The van der Waals surface area contributed by atoms with E-state index in [1.54, 1.807) is 21.1 Å². The van der Waals surface area contributed by atoms with E-state index in [1.165, 1.54) is 17.3 Å². The molecule has 2 atom stereocenters. The number of rotatable bonds is 6. The van der Waals surface area contributed by atoms with E-state index in [0.717, 1.165) is 11.1 Å². The van der Waals surface area contributed by atoms with Gasteiger partial charge < -0.3 is 14.8 Å². The first-order valence-corrected chi connectivity index (χ1v) is 7.35. The largest absolute Gasteiger partial charge is 0.493 e. The molecule has 1 heterocycles. The molecule has 2 aromatic rings. The van der Waals surface area contributed by atoms with E-state index in [2.05, 4.69) is 15.4 Å². The van der Waals surface area contributed by atoms with Crippen LogP contribution in [-0.2, 0) is 4.79 Å². The molecule has 7 heteroatoms. The summed E-state index contributed by atoms with van der Waals surface area (Å²) in [7, 11) is 3.19. The zero-order valence-electron chi connectivity index (χ0n) is 14.0. The molecule has 1 aromatic heterocycles. The van der Waals surface area contributed by atoms with Gasteiger partial charge in [0.25, 0.3) is 0 Å². The molecule has 2 rings (SSSR count). The predicted molar refractivity (Wildman–Crippen MR) is 85.6 cm³/mol. The van der Waals surface area contributed by atoms with Crippen LogP contribution >= 0.6 is 0 Å². The second-order valence-electron chi connectivity index (χ2n) is 5.35. The average molecular weight is 318 g/mol. The fourth-order valence-electron chi connectivity index (χ4n) is 2.41. The summed E-state index contributed by atoms with van der Waals surface area (Å²) in [5.74, 6) is 1.18. The minimum absolute atomic E-state index is 0.128. The third-order valence-electron chi connectivity index (χ3n) is 3.81. The second-order valence-corrected chi connectivity index (χ2v) is 5.35. The lowest BCUT2D eigenvalue weighted by atomic mass is 10.0. The van der Waals surface area contributed by atoms with Crippen molar-refractivity contribution >= 4 is 5.91 Å². The molecule has 1 amide bonds. The van der Waals surface area contributed by atoms with Crippen molar-refractivity contribution in [3.05, 3.63) is 35.9 Å². The van der Waals surface area contributed by atoms with E-state index in [-0.39, 0.29) is 11.9 Å². The van der Waals surface area contributed by atoms with Crippen LogP contribution in [0.3, 0.4) is 0 Å². The Kier molecular flexibility index (Phi) is 5.20. The normalized spacial score (nSPS) is 13.3. The van der Waals surface area contributed by atoms with Crippen LogP contribution in [0.4, 0.5) is 0 Å². The molecule has 0 saturated heterocycles. The molecule has 0 bridgehead atoms. The molecule has 1 N–H and O–H groups in total. The van der Waals surface area contributed by atoms with Gasteiger partial charge in [0.15, 0.2) is 11.5 Å². The maximum Gasteiger partial charge on any atom is 0.245 e. The summed E-state index contributed by atoms with van der Waals surface area (Å²) in [6.45, 7) is 5.68. The maximum atomic E-state index is 12.4. The molecule has 124 valence electrons. The minimum Gasteiger partial charge on any atom is -0.493 e. The number of carbonyl (C=O) groups excluding carboxylic acids is 1. The van der Waals surface area contributed by atoms with Crippen LogP contribution in [0.25, 0.3) is 0 Å². The Hall–Kier alpha value is -2.57. The first-order chi connectivity index (χ1) is 11.0. The molecule has 0 saturated carbocycles. The summed E-state index contributed by atoms with van der Waals surface area (Å²) in [6, 6.07) is 3.19. The standard InChI is InChI=1S/C16H22N4O3/c1-10-6-14(22-4)15(23-5)7-13(10)11(2)19-16(21)12(3)20-9-17-8-18-20/h6-9,11-12H,1-5H3,(H,19,21)/t11-,12+/m0/s1. The summed E-state index contributed by atoms with van der Waals surface area (Å²) in [5, 5.41) is 6.98. The van der Waals surface area contributed by atoms with Crippen LogP contribution in [0.2, 0.25) is 0 Å². The van der Waals surface area contributed by atoms with Crippen molar-refractivity contribution in [2.24, 2.45) is 0 Å². The van der Waals surface area contributed by atoms with E-state index in [1.807, 2.05) is 26.0 Å². The van der Waals surface area contributed by atoms with Gasteiger partial charge >= 0.3 is 0 Å². The van der Waals surface area contributed by atoms with Crippen LogP contribution in [0.5, 0.6) is 11.5 Å². The monoisotopic (exact) mass is 318 g/mol. The van der Waals surface area contributed by atoms with Crippen molar-refractivity contribution in [3.63, 3.8) is 0 Å². The lowest BCUT2D eigenvalue weighted by molar-refractivity contribution is -0.124. The number of benzene rings is 1. The highest BCUT2D eigenvalue weighted by molar-refractivity contribution is 5.80. The first kappa shape index (κ1) is 16.8. The van der Waals surface area contributed by atoms with E-state index in [4.69, 9.17) is 9.47 Å². The smallest absolute Gasteiger partial charge is 0.245 e. The van der Waals surface area contributed by atoms with Gasteiger partial charge in [-0.2, -0.15) is 5.10 Å². The summed E-state index contributed by atoms with van der Waals surface area (Å²) in [6.07, 6.45) is 2.93. The number of amides is 1. The third kappa shape index (κ3) is 3.61.